The SMILES string of the molecule is CN(C)CCNC(=O)c1sc2ccccc2c1CC1CCCCCN1. The summed E-state index contributed by atoms with van der Waals surface area (Å²) in [6.45, 7) is 2.63. The molecule has 0 aliphatic carbocycles. The number of nitrogens with one attached hydrogen (secondary N) is 2. The van der Waals surface area contributed by atoms with Crippen molar-refractivity contribution in [3.8, 4) is 0 Å². The first kappa shape index (κ1) is 18.4. The highest BCUT2D eigenvalue weighted by molar-refractivity contribution is 7.21. The van der Waals surface area contributed by atoms with Gasteiger partial charge in [0.15, 0.2) is 0 Å². The standard InChI is InChI=1S/C20H29N3OS/c1-23(2)13-12-22-20(24)19-17(14-15-8-4-3-7-11-21-15)16-9-5-6-10-18(16)25-19/h5-6,9-10,15,21H,3-4,7-8,11-14H2,1-2H3,(H,22,24). The van der Waals surface area contributed by atoms with Crippen LogP contribution in [0, 0.1) is 0 Å². The summed E-state index contributed by atoms with van der Waals surface area (Å²) < 4.78 is 1.21. The van der Waals surface area contributed by atoms with Crippen LogP contribution in [-0.2, 0) is 6.42 Å². The monoisotopic (exact) mass is 359 g/mol. The second kappa shape index (κ2) is 8.79. The first-order valence-corrected chi connectivity index (χ1v) is 10.1. The average molecular weight is 360 g/mol. The van der Waals surface area contributed by atoms with Crippen molar-refractivity contribution in [1.29, 1.82) is 0 Å². The van der Waals surface area contributed by atoms with E-state index in [2.05, 4.69) is 39.8 Å². The van der Waals surface area contributed by atoms with Crippen molar-refractivity contribution in [2.24, 2.45) is 0 Å². The number of likely N-dealkylation sites (N-methyl/N-ethyl adjacent to an activating group) is 1. The van der Waals surface area contributed by atoms with E-state index in [1.54, 1.807) is 11.3 Å². The van der Waals surface area contributed by atoms with Crippen LogP contribution in [0.15, 0.2) is 24.3 Å². The van der Waals surface area contributed by atoms with Crippen LogP contribution in [0.1, 0.15) is 40.9 Å². The van der Waals surface area contributed by atoms with E-state index in [0.29, 0.717) is 12.6 Å². The number of carbonyl (C=O) groups is 1. The molecule has 0 bridgehead atoms. The summed E-state index contributed by atoms with van der Waals surface area (Å²) in [4.78, 5) is 15.8. The van der Waals surface area contributed by atoms with Gasteiger partial charge in [0, 0.05) is 23.8 Å². The van der Waals surface area contributed by atoms with E-state index >= 15 is 0 Å². The van der Waals surface area contributed by atoms with E-state index in [1.807, 2.05) is 14.1 Å². The van der Waals surface area contributed by atoms with Crippen LogP contribution in [0.3, 0.4) is 0 Å². The summed E-state index contributed by atoms with van der Waals surface area (Å²) in [5.41, 5.74) is 1.22. The third-order valence-electron chi connectivity index (χ3n) is 4.86. The molecule has 1 saturated heterocycles. The molecule has 1 aromatic heterocycles. The summed E-state index contributed by atoms with van der Waals surface area (Å²) >= 11 is 1.63. The maximum absolute atomic E-state index is 12.8. The molecule has 1 aliphatic rings. The number of fused-ring (bicyclic) bond motifs is 1. The summed E-state index contributed by atoms with van der Waals surface area (Å²) in [5.74, 6) is 0.0756. The predicted molar refractivity (Wildman–Crippen MR) is 107 cm³/mol. The van der Waals surface area contributed by atoms with Gasteiger partial charge in [-0.3, -0.25) is 4.79 Å². The third kappa shape index (κ3) is 4.81. The smallest absolute Gasteiger partial charge is 0.261 e. The van der Waals surface area contributed by atoms with Crippen molar-refractivity contribution in [3.63, 3.8) is 0 Å². The maximum atomic E-state index is 12.8. The van der Waals surface area contributed by atoms with Crippen molar-refractivity contribution >= 4 is 27.3 Å². The van der Waals surface area contributed by atoms with Crippen molar-refractivity contribution in [2.45, 2.75) is 38.1 Å². The average Bonchev–Trinajstić information content (AvgIpc) is 2.76. The number of benzene rings is 1. The van der Waals surface area contributed by atoms with Crippen molar-refractivity contribution in [1.82, 2.24) is 15.5 Å². The quantitative estimate of drug-likeness (QED) is 0.832. The van der Waals surface area contributed by atoms with E-state index in [9.17, 15) is 4.79 Å². The van der Waals surface area contributed by atoms with Crippen LogP contribution in [0.5, 0.6) is 0 Å². The molecule has 4 nitrogen and oxygen atoms in total. The van der Waals surface area contributed by atoms with Crippen molar-refractivity contribution in [3.05, 3.63) is 34.7 Å². The minimum Gasteiger partial charge on any atom is -0.350 e. The molecular formula is C20H29N3OS. The highest BCUT2D eigenvalue weighted by atomic mass is 32.1. The lowest BCUT2D eigenvalue weighted by Gasteiger charge is -2.17. The van der Waals surface area contributed by atoms with Gasteiger partial charge in [-0.05, 0) is 56.9 Å². The van der Waals surface area contributed by atoms with Crippen LogP contribution in [-0.4, -0.2) is 50.6 Å². The van der Waals surface area contributed by atoms with Crippen LogP contribution in [0.25, 0.3) is 10.1 Å². The maximum Gasteiger partial charge on any atom is 0.261 e. The molecule has 1 fully saturated rings. The summed E-state index contributed by atoms with van der Waals surface area (Å²) in [5, 5.41) is 8.01. The molecule has 1 atom stereocenters. The zero-order valence-corrected chi connectivity index (χ0v) is 16.1. The molecular weight excluding hydrogens is 330 g/mol. The molecule has 1 amide bonds. The third-order valence-corrected chi connectivity index (χ3v) is 6.07. The lowest BCUT2D eigenvalue weighted by atomic mass is 9.99. The Morgan fingerprint density at radius 3 is 2.96 bits per heavy atom. The van der Waals surface area contributed by atoms with E-state index in [1.165, 1.54) is 41.3 Å². The Kier molecular flexibility index (Phi) is 6.45. The first-order valence-electron chi connectivity index (χ1n) is 9.32. The molecule has 1 aromatic carbocycles. The molecule has 136 valence electrons. The van der Waals surface area contributed by atoms with Crippen LogP contribution in [0.2, 0.25) is 0 Å². The Balaban J connectivity index is 1.82. The topological polar surface area (TPSA) is 44.4 Å². The second-order valence-corrected chi connectivity index (χ2v) is 8.22. The number of rotatable bonds is 6. The molecule has 1 aliphatic heterocycles. The lowest BCUT2D eigenvalue weighted by molar-refractivity contribution is 0.0954. The minimum absolute atomic E-state index is 0.0756. The van der Waals surface area contributed by atoms with E-state index in [4.69, 9.17) is 0 Å². The van der Waals surface area contributed by atoms with Gasteiger partial charge in [0.1, 0.15) is 0 Å². The van der Waals surface area contributed by atoms with E-state index in [0.717, 1.165) is 24.4 Å². The lowest BCUT2D eigenvalue weighted by Crippen LogP contribution is -2.33. The Hall–Kier alpha value is -1.43. The Bertz CT molecular complexity index is 702. The Labute approximate surface area is 154 Å². The number of amides is 1. The number of hydrogen-bond donors (Lipinski definition) is 2. The van der Waals surface area contributed by atoms with Gasteiger partial charge in [0.2, 0.25) is 0 Å². The molecule has 2 N–H and O–H groups in total. The van der Waals surface area contributed by atoms with Gasteiger partial charge in [0.25, 0.3) is 5.91 Å². The molecule has 1 unspecified atom stereocenters. The molecule has 3 rings (SSSR count). The normalized spacial score (nSPS) is 18.4. The molecule has 25 heavy (non-hydrogen) atoms. The first-order chi connectivity index (χ1) is 12.1. The minimum atomic E-state index is 0.0756. The summed E-state index contributed by atoms with van der Waals surface area (Å²) in [6.07, 6.45) is 6.00. The van der Waals surface area contributed by atoms with Gasteiger partial charge >= 0.3 is 0 Å². The van der Waals surface area contributed by atoms with Gasteiger partial charge < -0.3 is 15.5 Å². The fraction of sp³-hybridized carbons (Fsp3) is 0.550. The fourth-order valence-electron chi connectivity index (χ4n) is 3.48. The number of hydrogen-bond acceptors (Lipinski definition) is 4. The van der Waals surface area contributed by atoms with E-state index < -0.39 is 0 Å². The zero-order chi connectivity index (χ0) is 17.6. The van der Waals surface area contributed by atoms with Crippen LogP contribution >= 0.6 is 11.3 Å². The van der Waals surface area contributed by atoms with Gasteiger partial charge in [-0.15, -0.1) is 11.3 Å². The van der Waals surface area contributed by atoms with E-state index in [-0.39, 0.29) is 5.91 Å². The predicted octanol–water partition coefficient (Wildman–Crippen LogP) is 3.27. The number of carbonyl (C=O) groups excluding carboxylic acids is 1. The number of thiophene rings is 1. The zero-order valence-electron chi connectivity index (χ0n) is 15.3. The Morgan fingerprint density at radius 1 is 1.28 bits per heavy atom. The van der Waals surface area contributed by atoms with Crippen LogP contribution in [0.4, 0.5) is 0 Å². The largest absolute Gasteiger partial charge is 0.350 e. The molecule has 2 aromatic rings. The summed E-state index contributed by atoms with van der Waals surface area (Å²) in [7, 11) is 4.05. The molecule has 2 heterocycles. The van der Waals surface area contributed by atoms with Crippen molar-refractivity contribution < 1.29 is 4.79 Å². The number of nitrogens with zero attached hydrogens (tertiary/aromatic N) is 1. The molecule has 5 heteroatoms. The van der Waals surface area contributed by atoms with Gasteiger partial charge in [0.05, 0.1) is 4.88 Å². The van der Waals surface area contributed by atoms with Crippen molar-refractivity contribution in [2.75, 3.05) is 33.7 Å². The highest BCUT2D eigenvalue weighted by Gasteiger charge is 2.21. The van der Waals surface area contributed by atoms with Gasteiger partial charge in [-0.2, -0.15) is 0 Å². The van der Waals surface area contributed by atoms with Gasteiger partial charge in [-0.1, -0.05) is 31.0 Å². The summed E-state index contributed by atoms with van der Waals surface area (Å²) in [6, 6.07) is 8.90. The molecule has 0 spiro atoms. The second-order valence-electron chi connectivity index (χ2n) is 7.17. The highest BCUT2D eigenvalue weighted by Crippen LogP contribution is 2.33. The molecule has 0 saturated carbocycles. The van der Waals surface area contributed by atoms with Gasteiger partial charge in [-0.25, -0.2) is 0 Å². The Morgan fingerprint density at radius 2 is 2.12 bits per heavy atom. The fourth-order valence-corrected chi connectivity index (χ4v) is 4.63. The van der Waals surface area contributed by atoms with Crippen LogP contribution < -0.4 is 10.6 Å². The molecule has 0 radical (unpaired) electrons.